The topological polar surface area (TPSA) is 21.1 Å². The molecule has 0 amide bonds. The van der Waals surface area contributed by atoms with Crippen LogP contribution in [0.5, 0.6) is 0 Å². The van der Waals surface area contributed by atoms with E-state index in [2.05, 4.69) is 35.0 Å². The highest BCUT2D eigenvalue weighted by Gasteiger charge is 2.38. The van der Waals surface area contributed by atoms with E-state index in [0.717, 1.165) is 32.5 Å². The van der Waals surface area contributed by atoms with Crippen LogP contribution < -0.4 is 0 Å². The third kappa shape index (κ3) is 3.92. The molecule has 2 heterocycles. The summed E-state index contributed by atoms with van der Waals surface area (Å²) in [6, 6.07) is 15.2. The molecule has 2 aromatic carbocycles. The Morgan fingerprint density at radius 3 is 2.39 bits per heavy atom. The van der Waals surface area contributed by atoms with Crippen LogP contribution in [0.4, 0.5) is 13.2 Å². The maximum Gasteiger partial charge on any atom is 0.449 e. The lowest BCUT2D eigenvalue weighted by Gasteiger charge is -2.32. The summed E-state index contributed by atoms with van der Waals surface area (Å²) in [4.78, 5) is 6.26. The number of halogens is 3. The van der Waals surface area contributed by atoms with Crippen molar-refractivity contribution < 1.29 is 13.2 Å². The zero-order valence-corrected chi connectivity index (χ0v) is 15.9. The molecule has 1 aliphatic heterocycles. The van der Waals surface area contributed by atoms with Gasteiger partial charge in [-0.15, -0.1) is 0 Å². The van der Waals surface area contributed by atoms with E-state index < -0.39 is 12.0 Å². The number of hydrogen-bond donors (Lipinski definition) is 0. The Kier molecular flexibility index (Phi) is 5.15. The van der Waals surface area contributed by atoms with E-state index in [1.165, 1.54) is 15.7 Å². The molecule has 0 saturated carbocycles. The minimum Gasteiger partial charge on any atom is -0.320 e. The van der Waals surface area contributed by atoms with Crippen molar-refractivity contribution in [3.05, 3.63) is 65.5 Å². The Hall–Kier alpha value is -2.34. The van der Waals surface area contributed by atoms with Crippen LogP contribution in [-0.2, 0) is 19.3 Å². The van der Waals surface area contributed by atoms with E-state index in [1.54, 1.807) is 24.3 Å². The number of piperidine rings is 1. The molecule has 0 aliphatic carbocycles. The zero-order chi connectivity index (χ0) is 19.7. The number of fused-ring (bicyclic) bond motifs is 1. The lowest BCUT2D eigenvalue weighted by Crippen LogP contribution is -2.35. The highest BCUT2D eigenvalue weighted by molar-refractivity contribution is 5.76. The first-order valence-corrected chi connectivity index (χ1v) is 9.71. The molecule has 3 aromatic rings. The van der Waals surface area contributed by atoms with Crippen molar-refractivity contribution in [1.82, 2.24) is 14.5 Å². The summed E-state index contributed by atoms with van der Waals surface area (Å²) in [6.07, 6.45) is -2.64. The minimum absolute atomic E-state index is 0.229. The van der Waals surface area contributed by atoms with Crippen LogP contribution in [0.1, 0.15) is 29.8 Å². The van der Waals surface area contributed by atoms with Gasteiger partial charge >= 0.3 is 6.18 Å². The summed E-state index contributed by atoms with van der Waals surface area (Å²) < 4.78 is 41.8. The molecule has 1 aliphatic rings. The first-order valence-electron chi connectivity index (χ1n) is 9.71. The van der Waals surface area contributed by atoms with E-state index in [1.807, 2.05) is 6.07 Å². The molecule has 148 valence electrons. The molecular weight excluding hydrogens is 363 g/mol. The number of nitrogens with zero attached hydrogens (tertiary/aromatic N) is 3. The fourth-order valence-corrected chi connectivity index (χ4v) is 4.09. The first-order chi connectivity index (χ1) is 13.4. The number of para-hydroxylation sites is 2. The van der Waals surface area contributed by atoms with Gasteiger partial charge in [-0.25, -0.2) is 4.98 Å². The summed E-state index contributed by atoms with van der Waals surface area (Å²) in [5.74, 6) is -0.553. The molecule has 1 fully saturated rings. The molecule has 0 spiro atoms. The van der Waals surface area contributed by atoms with Crippen LogP contribution >= 0.6 is 0 Å². The fraction of sp³-hybridized carbons (Fsp3) is 0.409. The van der Waals surface area contributed by atoms with Crippen LogP contribution in [0.3, 0.4) is 0 Å². The van der Waals surface area contributed by atoms with E-state index in [9.17, 15) is 13.2 Å². The zero-order valence-electron chi connectivity index (χ0n) is 15.9. The van der Waals surface area contributed by atoms with Crippen molar-refractivity contribution in [3.8, 4) is 0 Å². The van der Waals surface area contributed by atoms with E-state index in [4.69, 9.17) is 0 Å². The average Bonchev–Trinajstić information content (AvgIpc) is 3.04. The number of hydrogen-bond acceptors (Lipinski definition) is 2. The van der Waals surface area contributed by atoms with Crippen molar-refractivity contribution in [2.45, 2.75) is 39.0 Å². The Bertz CT molecular complexity index is 953. The smallest absolute Gasteiger partial charge is 0.320 e. The van der Waals surface area contributed by atoms with Gasteiger partial charge in [0.2, 0.25) is 5.82 Å². The second-order valence-electron chi connectivity index (χ2n) is 7.68. The third-order valence-electron chi connectivity index (χ3n) is 5.71. The van der Waals surface area contributed by atoms with Crippen molar-refractivity contribution >= 4 is 11.0 Å². The van der Waals surface area contributed by atoms with Gasteiger partial charge in [-0.05, 0) is 62.0 Å². The molecule has 1 aromatic heterocycles. The molecule has 0 radical (unpaired) electrons. The van der Waals surface area contributed by atoms with Gasteiger partial charge in [-0.3, -0.25) is 4.90 Å². The lowest BCUT2D eigenvalue weighted by molar-refractivity contribution is -0.147. The quantitative estimate of drug-likeness (QED) is 0.608. The molecule has 3 nitrogen and oxygen atoms in total. The maximum absolute atomic E-state index is 13.5. The average molecular weight is 387 g/mol. The number of rotatable bonds is 4. The summed E-state index contributed by atoms with van der Waals surface area (Å²) in [7, 11) is 0. The van der Waals surface area contributed by atoms with Gasteiger partial charge in [-0.1, -0.05) is 36.4 Å². The van der Waals surface area contributed by atoms with Gasteiger partial charge in [0.15, 0.2) is 0 Å². The number of benzene rings is 2. The van der Waals surface area contributed by atoms with Crippen molar-refractivity contribution in [2.75, 3.05) is 13.1 Å². The van der Waals surface area contributed by atoms with Crippen molar-refractivity contribution in [2.24, 2.45) is 5.92 Å². The third-order valence-corrected chi connectivity index (χ3v) is 5.71. The van der Waals surface area contributed by atoms with Gasteiger partial charge in [0.25, 0.3) is 0 Å². The molecule has 0 unspecified atom stereocenters. The second kappa shape index (κ2) is 7.59. The highest BCUT2D eigenvalue weighted by Crippen LogP contribution is 2.33. The monoisotopic (exact) mass is 387 g/mol. The van der Waals surface area contributed by atoms with Crippen LogP contribution in [-0.4, -0.2) is 27.5 Å². The first kappa shape index (κ1) is 19.0. The Labute approximate surface area is 162 Å². The molecule has 4 rings (SSSR count). The molecule has 6 heteroatoms. The molecule has 1 saturated heterocycles. The predicted octanol–water partition coefficient (Wildman–Crippen LogP) is 5.28. The van der Waals surface area contributed by atoms with Crippen LogP contribution in [0.25, 0.3) is 11.0 Å². The van der Waals surface area contributed by atoms with Crippen molar-refractivity contribution in [1.29, 1.82) is 0 Å². The predicted molar refractivity (Wildman–Crippen MR) is 104 cm³/mol. The van der Waals surface area contributed by atoms with Gasteiger partial charge in [-0.2, -0.15) is 13.2 Å². The lowest BCUT2D eigenvalue weighted by atomic mass is 9.95. The fourth-order valence-electron chi connectivity index (χ4n) is 4.09. The molecule has 0 atom stereocenters. The van der Waals surface area contributed by atoms with E-state index in [-0.39, 0.29) is 5.92 Å². The van der Waals surface area contributed by atoms with Crippen LogP contribution in [0.2, 0.25) is 0 Å². The summed E-state index contributed by atoms with van der Waals surface area (Å²) >= 11 is 0. The van der Waals surface area contributed by atoms with Gasteiger partial charge in [0, 0.05) is 13.1 Å². The maximum atomic E-state index is 13.5. The van der Waals surface area contributed by atoms with E-state index >= 15 is 0 Å². The number of likely N-dealkylation sites (tertiary alicyclic amines) is 1. The van der Waals surface area contributed by atoms with Gasteiger partial charge in [0.1, 0.15) is 0 Å². The Balaban J connectivity index is 1.46. The van der Waals surface area contributed by atoms with E-state index in [0.29, 0.717) is 17.6 Å². The molecule has 0 N–H and O–H groups in total. The molecule has 0 bridgehead atoms. The molecular formula is C22H24F3N3. The van der Waals surface area contributed by atoms with Gasteiger partial charge in [0.05, 0.1) is 11.0 Å². The summed E-state index contributed by atoms with van der Waals surface area (Å²) in [5.41, 5.74) is 3.58. The normalized spacial score (nSPS) is 16.7. The number of imidazole rings is 1. The second-order valence-corrected chi connectivity index (χ2v) is 7.68. The SMILES string of the molecule is Cc1ccccc1CN1CCC(Cn2c(C(F)(F)F)nc3ccccc32)CC1. The Morgan fingerprint density at radius 1 is 1.00 bits per heavy atom. The van der Waals surface area contributed by atoms with Gasteiger partial charge < -0.3 is 4.57 Å². The number of alkyl halides is 3. The Morgan fingerprint density at radius 2 is 1.68 bits per heavy atom. The summed E-state index contributed by atoms with van der Waals surface area (Å²) in [6.45, 7) is 5.21. The highest BCUT2D eigenvalue weighted by atomic mass is 19.4. The summed E-state index contributed by atoms with van der Waals surface area (Å²) in [5, 5.41) is 0. The number of aromatic nitrogens is 2. The van der Waals surface area contributed by atoms with Crippen LogP contribution in [0.15, 0.2) is 48.5 Å². The largest absolute Gasteiger partial charge is 0.449 e. The minimum atomic E-state index is -4.44. The van der Waals surface area contributed by atoms with Crippen LogP contribution in [0, 0.1) is 12.8 Å². The number of aryl methyl sites for hydroxylation is 1. The van der Waals surface area contributed by atoms with Crippen molar-refractivity contribution in [3.63, 3.8) is 0 Å². The molecule has 28 heavy (non-hydrogen) atoms. The standard InChI is InChI=1S/C22H24F3N3/c1-16-6-2-3-7-18(16)15-27-12-10-17(11-13-27)14-28-20-9-5-4-8-19(20)26-21(28)22(23,24)25/h2-9,17H,10-15H2,1H3.